The van der Waals surface area contributed by atoms with Crippen LogP contribution in [-0.2, 0) is 0 Å². The molecule has 1 fully saturated rings. The second kappa shape index (κ2) is 5.00. The highest BCUT2D eigenvalue weighted by molar-refractivity contribution is 5.70. The molecule has 0 bridgehead atoms. The smallest absolute Gasteiger partial charge is 0.00663 e. The lowest BCUT2D eigenvalue weighted by Gasteiger charge is -2.36. The third-order valence-corrected chi connectivity index (χ3v) is 6.42. The molecule has 0 spiro atoms. The van der Waals surface area contributed by atoms with Gasteiger partial charge in [-0.25, -0.2) is 0 Å². The summed E-state index contributed by atoms with van der Waals surface area (Å²) in [7, 11) is 0. The SMILES string of the molecule is CC(C)(C1=C2C=CCC=C2C2=C1CCCC2)C1CCCC1. The molecule has 4 aliphatic carbocycles. The summed E-state index contributed by atoms with van der Waals surface area (Å²) < 4.78 is 0. The summed E-state index contributed by atoms with van der Waals surface area (Å²) in [6.07, 6.45) is 19.6. The highest BCUT2D eigenvalue weighted by Gasteiger charge is 2.42. The van der Waals surface area contributed by atoms with Gasteiger partial charge in [0, 0.05) is 0 Å². The molecule has 0 aromatic heterocycles. The minimum absolute atomic E-state index is 0.362. The lowest BCUT2D eigenvalue weighted by atomic mass is 9.68. The van der Waals surface area contributed by atoms with Crippen molar-refractivity contribution in [2.24, 2.45) is 11.3 Å². The normalized spacial score (nSPS) is 26.3. The van der Waals surface area contributed by atoms with Crippen LogP contribution >= 0.6 is 0 Å². The van der Waals surface area contributed by atoms with Gasteiger partial charge in [-0.15, -0.1) is 0 Å². The second-order valence-electron chi connectivity index (χ2n) is 7.91. The van der Waals surface area contributed by atoms with E-state index in [1.807, 2.05) is 0 Å². The molecular weight excluding hydrogens is 252 g/mol. The minimum Gasteiger partial charge on any atom is -0.0801 e. The van der Waals surface area contributed by atoms with Crippen molar-refractivity contribution < 1.29 is 0 Å². The predicted octanol–water partition coefficient (Wildman–Crippen LogP) is 6.27. The summed E-state index contributed by atoms with van der Waals surface area (Å²) in [6.45, 7) is 5.08. The molecule has 0 atom stereocenters. The third-order valence-electron chi connectivity index (χ3n) is 6.42. The third kappa shape index (κ3) is 2.02. The number of fused-ring (bicyclic) bond motifs is 2. The van der Waals surface area contributed by atoms with E-state index >= 15 is 0 Å². The first-order valence-corrected chi connectivity index (χ1v) is 9.04. The van der Waals surface area contributed by atoms with E-state index in [0.29, 0.717) is 5.41 Å². The minimum atomic E-state index is 0.362. The molecule has 0 amide bonds. The molecule has 4 aliphatic rings. The van der Waals surface area contributed by atoms with E-state index in [0.717, 1.165) is 12.3 Å². The van der Waals surface area contributed by atoms with Crippen molar-refractivity contribution in [2.45, 2.75) is 71.6 Å². The fourth-order valence-corrected chi connectivity index (χ4v) is 5.30. The Morgan fingerprint density at radius 3 is 2.43 bits per heavy atom. The van der Waals surface area contributed by atoms with E-state index in [-0.39, 0.29) is 0 Å². The first-order chi connectivity index (χ1) is 10.2. The maximum Gasteiger partial charge on any atom is -0.00663 e. The molecular formula is C21H28. The summed E-state index contributed by atoms with van der Waals surface area (Å²) in [6, 6.07) is 0. The Kier molecular flexibility index (Phi) is 3.24. The van der Waals surface area contributed by atoms with Crippen LogP contribution < -0.4 is 0 Å². The van der Waals surface area contributed by atoms with E-state index in [1.165, 1.54) is 51.4 Å². The quantitative estimate of drug-likeness (QED) is 0.559. The van der Waals surface area contributed by atoms with E-state index in [2.05, 4.69) is 32.1 Å². The standard InChI is InChI=1S/C21H28/c1-21(2,15-9-3-4-10-15)20-18-13-7-5-11-16(18)17-12-6-8-14-19(17)20/h7,11,13,15H,3-6,8-10,12,14H2,1-2H3. The van der Waals surface area contributed by atoms with Gasteiger partial charge >= 0.3 is 0 Å². The van der Waals surface area contributed by atoms with Gasteiger partial charge in [-0.05, 0) is 84.1 Å². The number of rotatable bonds is 2. The predicted molar refractivity (Wildman–Crippen MR) is 90.1 cm³/mol. The summed E-state index contributed by atoms with van der Waals surface area (Å²) in [5.41, 5.74) is 8.80. The van der Waals surface area contributed by atoms with Crippen LogP contribution in [0.5, 0.6) is 0 Å². The average molecular weight is 280 g/mol. The monoisotopic (exact) mass is 280 g/mol. The van der Waals surface area contributed by atoms with Gasteiger partial charge in [-0.1, -0.05) is 44.9 Å². The molecule has 0 aliphatic heterocycles. The van der Waals surface area contributed by atoms with Crippen molar-refractivity contribution in [3.05, 3.63) is 46.1 Å². The molecule has 1 saturated carbocycles. The van der Waals surface area contributed by atoms with Crippen molar-refractivity contribution in [3.63, 3.8) is 0 Å². The van der Waals surface area contributed by atoms with Crippen LogP contribution in [0.25, 0.3) is 0 Å². The molecule has 0 nitrogen and oxygen atoms in total. The van der Waals surface area contributed by atoms with E-state index in [9.17, 15) is 0 Å². The second-order valence-corrected chi connectivity index (χ2v) is 7.91. The van der Waals surface area contributed by atoms with Crippen molar-refractivity contribution in [2.75, 3.05) is 0 Å². The van der Waals surface area contributed by atoms with Crippen molar-refractivity contribution in [1.82, 2.24) is 0 Å². The first-order valence-electron chi connectivity index (χ1n) is 9.04. The Balaban J connectivity index is 1.84. The van der Waals surface area contributed by atoms with Crippen molar-refractivity contribution in [1.29, 1.82) is 0 Å². The fraction of sp³-hybridized carbons (Fsp3) is 0.619. The average Bonchev–Trinajstić information content (AvgIpc) is 3.14. The topological polar surface area (TPSA) is 0 Å². The van der Waals surface area contributed by atoms with Crippen molar-refractivity contribution >= 4 is 0 Å². The molecule has 4 rings (SSSR count). The van der Waals surface area contributed by atoms with Gasteiger partial charge in [-0.3, -0.25) is 0 Å². The van der Waals surface area contributed by atoms with Crippen molar-refractivity contribution in [3.8, 4) is 0 Å². The maximum atomic E-state index is 2.54. The van der Waals surface area contributed by atoms with Gasteiger partial charge in [0.1, 0.15) is 0 Å². The van der Waals surface area contributed by atoms with E-state index < -0.39 is 0 Å². The lowest BCUT2D eigenvalue weighted by molar-refractivity contribution is 0.271. The first kappa shape index (κ1) is 13.6. The molecule has 0 N–H and O–H groups in total. The number of allylic oxidation sites excluding steroid dienone is 8. The largest absolute Gasteiger partial charge is 0.0801 e. The Hall–Kier alpha value is -1.04. The lowest BCUT2D eigenvalue weighted by Crippen LogP contribution is -2.26. The Bertz CT molecular complexity index is 571. The molecule has 0 aromatic carbocycles. The van der Waals surface area contributed by atoms with Gasteiger partial charge in [0.25, 0.3) is 0 Å². The summed E-state index contributed by atoms with van der Waals surface area (Å²) in [4.78, 5) is 0. The summed E-state index contributed by atoms with van der Waals surface area (Å²) in [5.74, 6) is 0.894. The summed E-state index contributed by atoms with van der Waals surface area (Å²) in [5, 5.41) is 0. The number of hydrogen-bond acceptors (Lipinski definition) is 0. The van der Waals surface area contributed by atoms with Gasteiger partial charge in [-0.2, -0.15) is 0 Å². The maximum absolute atomic E-state index is 2.54. The highest BCUT2D eigenvalue weighted by Crippen LogP contribution is 2.56. The Morgan fingerprint density at radius 2 is 1.67 bits per heavy atom. The van der Waals surface area contributed by atoms with Gasteiger partial charge in [0.2, 0.25) is 0 Å². The zero-order valence-corrected chi connectivity index (χ0v) is 13.7. The zero-order chi connectivity index (χ0) is 14.4. The molecule has 0 saturated heterocycles. The van der Waals surface area contributed by atoms with Crippen LogP contribution in [0.15, 0.2) is 46.1 Å². The zero-order valence-electron chi connectivity index (χ0n) is 13.7. The van der Waals surface area contributed by atoms with Crippen LogP contribution in [0, 0.1) is 11.3 Å². The summed E-state index contributed by atoms with van der Waals surface area (Å²) >= 11 is 0. The Labute approximate surface area is 129 Å². The van der Waals surface area contributed by atoms with E-state index in [4.69, 9.17) is 0 Å². The molecule has 0 heterocycles. The van der Waals surface area contributed by atoms with Crippen LogP contribution in [0.4, 0.5) is 0 Å². The van der Waals surface area contributed by atoms with Gasteiger partial charge < -0.3 is 0 Å². The van der Waals surface area contributed by atoms with Gasteiger partial charge in [0.15, 0.2) is 0 Å². The fourth-order valence-electron chi connectivity index (χ4n) is 5.30. The molecule has 21 heavy (non-hydrogen) atoms. The van der Waals surface area contributed by atoms with Crippen LogP contribution in [0.2, 0.25) is 0 Å². The van der Waals surface area contributed by atoms with Gasteiger partial charge in [0.05, 0.1) is 0 Å². The van der Waals surface area contributed by atoms with Crippen LogP contribution in [0.3, 0.4) is 0 Å². The molecule has 0 aromatic rings. The molecule has 0 heteroatoms. The highest BCUT2D eigenvalue weighted by atomic mass is 14.5. The molecule has 112 valence electrons. The number of hydrogen-bond donors (Lipinski definition) is 0. The van der Waals surface area contributed by atoms with Crippen LogP contribution in [-0.4, -0.2) is 0 Å². The van der Waals surface area contributed by atoms with E-state index in [1.54, 1.807) is 27.9 Å². The molecule has 0 unspecified atom stereocenters. The van der Waals surface area contributed by atoms with Crippen LogP contribution in [0.1, 0.15) is 71.6 Å². The molecule has 0 radical (unpaired) electrons. The Morgan fingerprint density at radius 1 is 0.952 bits per heavy atom.